The first-order chi connectivity index (χ1) is 15.9. The van der Waals surface area contributed by atoms with Gasteiger partial charge in [0.15, 0.2) is 6.61 Å². The van der Waals surface area contributed by atoms with E-state index in [4.69, 9.17) is 9.15 Å². The number of carbonyl (C=O) groups is 2. The number of furan rings is 1. The smallest absolute Gasteiger partial charge is 0.260 e. The molecule has 3 aromatic rings. The zero-order valence-corrected chi connectivity index (χ0v) is 18.9. The number of hydrogen-bond acceptors (Lipinski definition) is 4. The van der Waals surface area contributed by atoms with Crippen LogP contribution in [0.1, 0.15) is 25.2 Å². The quantitative estimate of drug-likeness (QED) is 0.429. The van der Waals surface area contributed by atoms with Crippen molar-refractivity contribution in [2.24, 2.45) is 5.92 Å². The van der Waals surface area contributed by atoms with Crippen LogP contribution in [0.2, 0.25) is 0 Å². The van der Waals surface area contributed by atoms with Crippen LogP contribution in [0.25, 0.3) is 0 Å². The lowest BCUT2D eigenvalue weighted by Gasteiger charge is -2.28. The summed E-state index contributed by atoms with van der Waals surface area (Å²) in [5.74, 6) is 0.561. The van der Waals surface area contributed by atoms with Gasteiger partial charge in [0, 0.05) is 13.1 Å². The molecule has 0 atom stereocenters. The fourth-order valence-electron chi connectivity index (χ4n) is 3.34. The predicted molar refractivity (Wildman–Crippen MR) is 123 cm³/mol. The van der Waals surface area contributed by atoms with E-state index in [9.17, 15) is 14.0 Å². The second-order valence-corrected chi connectivity index (χ2v) is 8.23. The van der Waals surface area contributed by atoms with Gasteiger partial charge in [-0.25, -0.2) is 4.39 Å². The molecular formula is C26H29FN2O4. The molecule has 1 heterocycles. The number of rotatable bonds is 11. The predicted octanol–water partition coefficient (Wildman–Crippen LogP) is 4.51. The molecule has 0 radical (unpaired) electrons. The molecule has 0 bridgehead atoms. The third-order valence-corrected chi connectivity index (χ3v) is 4.94. The Hall–Kier alpha value is -3.61. The second kappa shape index (κ2) is 11.9. The molecule has 2 aromatic carbocycles. The van der Waals surface area contributed by atoms with Gasteiger partial charge in [-0.3, -0.25) is 9.59 Å². The number of carbonyl (C=O) groups excluding carboxylic acids is 2. The number of halogens is 1. The maximum Gasteiger partial charge on any atom is 0.260 e. The fourth-order valence-corrected chi connectivity index (χ4v) is 3.34. The van der Waals surface area contributed by atoms with E-state index < -0.39 is 0 Å². The molecule has 0 saturated carbocycles. The molecule has 1 aromatic heterocycles. The van der Waals surface area contributed by atoms with E-state index in [-0.39, 0.29) is 49.8 Å². The molecule has 0 aliphatic rings. The van der Waals surface area contributed by atoms with Gasteiger partial charge in [-0.1, -0.05) is 44.2 Å². The summed E-state index contributed by atoms with van der Waals surface area (Å²) in [5.41, 5.74) is 0.783. The van der Waals surface area contributed by atoms with Crippen LogP contribution in [-0.2, 0) is 22.7 Å². The normalized spacial score (nSPS) is 10.8. The highest BCUT2D eigenvalue weighted by Gasteiger charge is 2.23. The second-order valence-electron chi connectivity index (χ2n) is 8.23. The molecule has 0 fully saturated rings. The number of para-hydroxylation sites is 1. The number of ether oxygens (including phenoxy) is 1. The van der Waals surface area contributed by atoms with Crippen molar-refractivity contribution >= 4 is 11.8 Å². The monoisotopic (exact) mass is 452 g/mol. The Bertz CT molecular complexity index is 1000. The van der Waals surface area contributed by atoms with Crippen molar-refractivity contribution in [3.05, 3.63) is 90.1 Å². The Kier molecular flexibility index (Phi) is 8.63. The maximum atomic E-state index is 13.3. The molecule has 0 spiro atoms. The molecule has 0 aliphatic heterocycles. The van der Waals surface area contributed by atoms with E-state index in [0.29, 0.717) is 18.1 Å². The van der Waals surface area contributed by atoms with Crippen molar-refractivity contribution < 1.29 is 23.1 Å². The van der Waals surface area contributed by atoms with Crippen LogP contribution in [0.5, 0.6) is 5.75 Å². The van der Waals surface area contributed by atoms with E-state index >= 15 is 0 Å². The Morgan fingerprint density at radius 1 is 0.909 bits per heavy atom. The first kappa shape index (κ1) is 24.0. The molecule has 7 heteroatoms. The van der Waals surface area contributed by atoms with Crippen molar-refractivity contribution in [2.75, 3.05) is 19.7 Å². The highest BCUT2D eigenvalue weighted by atomic mass is 19.1. The summed E-state index contributed by atoms with van der Waals surface area (Å²) in [4.78, 5) is 29.3. The molecular weight excluding hydrogens is 423 g/mol. The summed E-state index contributed by atoms with van der Waals surface area (Å²) in [5, 5.41) is 0. The van der Waals surface area contributed by atoms with E-state index in [1.807, 2.05) is 32.0 Å². The summed E-state index contributed by atoms with van der Waals surface area (Å²) in [6.07, 6.45) is 1.55. The van der Waals surface area contributed by atoms with Crippen molar-refractivity contribution in [3.8, 4) is 5.75 Å². The van der Waals surface area contributed by atoms with Crippen molar-refractivity contribution in [1.29, 1.82) is 0 Å². The van der Waals surface area contributed by atoms with Gasteiger partial charge in [0.2, 0.25) is 5.91 Å². The highest BCUT2D eigenvalue weighted by molar-refractivity contribution is 5.85. The average molecular weight is 453 g/mol. The highest BCUT2D eigenvalue weighted by Crippen LogP contribution is 2.14. The van der Waals surface area contributed by atoms with Gasteiger partial charge in [0.05, 0.1) is 19.4 Å². The third kappa shape index (κ3) is 7.79. The number of benzene rings is 2. The van der Waals surface area contributed by atoms with Gasteiger partial charge < -0.3 is 19.0 Å². The maximum absolute atomic E-state index is 13.3. The van der Waals surface area contributed by atoms with Crippen LogP contribution in [0, 0.1) is 11.7 Å². The van der Waals surface area contributed by atoms with Gasteiger partial charge >= 0.3 is 0 Å². The molecule has 3 rings (SSSR count). The van der Waals surface area contributed by atoms with Crippen LogP contribution >= 0.6 is 0 Å². The number of nitrogens with zero attached hydrogens (tertiary/aromatic N) is 2. The Morgan fingerprint density at radius 2 is 1.64 bits per heavy atom. The Balaban J connectivity index is 1.70. The lowest BCUT2D eigenvalue weighted by atomic mass is 10.2. The zero-order chi connectivity index (χ0) is 23.6. The van der Waals surface area contributed by atoms with Crippen molar-refractivity contribution in [3.63, 3.8) is 0 Å². The summed E-state index contributed by atoms with van der Waals surface area (Å²) in [6, 6.07) is 18.6. The topological polar surface area (TPSA) is 63.0 Å². The van der Waals surface area contributed by atoms with Crippen LogP contribution in [0.3, 0.4) is 0 Å². The zero-order valence-electron chi connectivity index (χ0n) is 18.9. The Morgan fingerprint density at radius 3 is 2.27 bits per heavy atom. The summed E-state index contributed by atoms with van der Waals surface area (Å²) in [6.45, 7) is 4.67. The molecule has 174 valence electrons. The van der Waals surface area contributed by atoms with Crippen LogP contribution in [0.15, 0.2) is 77.4 Å². The molecule has 33 heavy (non-hydrogen) atoms. The summed E-state index contributed by atoms with van der Waals surface area (Å²) in [7, 11) is 0. The minimum Gasteiger partial charge on any atom is -0.484 e. The van der Waals surface area contributed by atoms with Gasteiger partial charge in [-0.15, -0.1) is 0 Å². The Labute approximate surface area is 193 Å². The first-order valence-corrected chi connectivity index (χ1v) is 10.9. The van der Waals surface area contributed by atoms with Gasteiger partial charge in [-0.05, 0) is 47.9 Å². The number of amides is 2. The molecule has 0 N–H and O–H groups in total. The first-order valence-electron chi connectivity index (χ1n) is 10.9. The van der Waals surface area contributed by atoms with Crippen LogP contribution in [0.4, 0.5) is 4.39 Å². The van der Waals surface area contributed by atoms with E-state index in [1.165, 1.54) is 17.0 Å². The standard InChI is InChI=1S/C26H29FN2O4/c1-20(2)15-28(26(31)19-33-23-7-4-3-5-8-23)18-25(30)29(17-24-9-6-14-32-24)16-21-10-12-22(27)13-11-21/h3-14,20H,15-19H2,1-2H3. The third-order valence-electron chi connectivity index (χ3n) is 4.94. The fraction of sp³-hybridized carbons (Fsp3) is 0.308. The summed E-state index contributed by atoms with van der Waals surface area (Å²) < 4.78 is 24.3. The minimum absolute atomic E-state index is 0.0862. The van der Waals surface area contributed by atoms with Gasteiger partial charge in [-0.2, -0.15) is 0 Å². The lowest BCUT2D eigenvalue weighted by molar-refractivity contribution is -0.142. The summed E-state index contributed by atoms with van der Waals surface area (Å²) >= 11 is 0. The minimum atomic E-state index is -0.338. The van der Waals surface area contributed by atoms with E-state index in [1.54, 1.807) is 47.6 Å². The number of hydrogen-bond donors (Lipinski definition) is 0. The van der Waals surface area contributed by atoms with Crippen molar-refractivity contribution in [1.82, 2.24) is 9.80 Å². The van der Waals surface area contributed by atoms with E-state index in [2.05, 4.69) is 0 Å². The molecule has 0 saturated heterocycles. The lowest BCUT2D eigenvalue weighted by Crippen LogP contribution is -2.45. The van der Waals surface area contributed by atoms with Gasteiger partial charge in [0.25, 0.3) is 5.91 Å². The van der Waals surface area contributed by atoms with Gasteiger partial charge in [0.1, 0.15) is 17.3 Å². The molecule has 0 unspecified atom stereocenters. The molecule has 6 nitrogen and oxygen atoms in total. The van der Waals surface area contributed by atoms with Crippen LogP contribution in [-0.4, -0.2) is 41.3 Å². The average Bonchev–Trinajstić information content (AvgIpc) is 3.31. The van der Waals surface area contributed by atoms with E-state index in [0.717, 1.165) is 5.56 Å². The molecule has 0 aliphatic carbocycles. The molecule has 2 amide bonds. The SMILES string of the molecule is CC(C)CN(CC(=O)N(Cc1ccc(F)cc1)Cc1ccco1)C(=O)COc1ccccc1. The van der Waals surface area contributed by atoms with Crippen LogP contribution < -0.4 is 4.74 Å². The largest absolute Gasteiger partial charge is 0.484 e. The van der Waals surface area contributed by atoms with Crippen molar-refractivity contribution in [2.45, 2.75) is 26.9 Å².